The van der Waals surface area contributed by atoms with Crippen LogP contribution in [-0.2, 0) is 0 Å². The average Bonchev–Trinajstić information content (AvgIpc) is 3.57. The van der Waals surface area contributed by atoms with E-state index in [1.165, 1.54) is 23.9 Å². The first-order valence-electron chi connectivity index (χ1n) is 13.0. The summed E-state index contributed by atoms with van der Waals surface area (Å²) >= 11 is 1.47. The predicted molar refractivity (Wildman–Crippen MR) is 164 cm³/mol. The molecule has 1 saturated heterocycles. The van der Waals surface area contributed by atoms with Crippen molar-refractivity contribution in [3.05, 3.63) is 95.8 Å². The molecule has 0 saturated carbocycles. The van der Waals surface area contributed by atoms with Gasteiger partial charge in [-0.25, -0.2) is 4.98 Å². The smallest absolute Gasteiger partial charge is 0.406 e. The van der Waals surface area contributed by atoms with Gasteiger partial charge in [0.25, 0.3) is 0 Å². The third-order valence-corrected chi connectivity index (χ3v) is 7.80. The number of rotatable bonds is 5. The summed E-state index contributed by atoms with van der Waals surface area (Å²) in [6, 6.07) is 21.4. The Morgan fingerprint density at radius 2 is 1.79 bits per heavy atom. The van der Waals surface area contributed by atoms with Crippen molar-refractivity contribution in [1.29, 1.82) is 5.26 Å². The van der Waals surface area contributed by atoms with Crippen molar-refractivity contribution in [3.8, 4) is 17.6 Å². The van der Waals surface area contributed by atoms with Gasteiger partial charge in [-0.15, -0.1) is 18.3 Å². The zero-order valence-corrected chi connectivity index (χ0v) is 23.7. The molecule has 0 amide bonds. The van der Waals surface area contributed by atoms with Crippen LogP contribution in [0, 0.1) is 25.3 Å². The summed E-state index contributed by atoms with van der Waals surface area (Å²) in [5.41, 5.74) is 6.08. The van der Waals surface area contributed by atoms with Crippen molar-refractivity contribution < 1.29 is 17.9 Å². The number of hydrogen-bond donors (Lipinski definition) is 0. The van der Waals surface area contributed by atoms with Gasteiger partial charge in [0, 0.05) is 11.1 Å². The van der Waals surface area contributed by atoms with Gasteiger partial charge in [0.15, 0.2) is 5.17 Å². The average molecular weight is 598 g/mol. The Labute approximate surface area is 248 Å². The second-order valence-corrected chi connectivity index (χ2v) is 10.6. The summed E-state index contributed by atoms with van der Waals surface area (Å²) in [4.78, 5) is 10.5. The number of benzene rings is 4. The van der Waals surface area contributed by atoms with Crippen molar-refractivity contribution in [2.24, 2.45) is 15.2 Å². The van der Waals surface area contributed by atoms with E-state index in [1.54, 1.807) is 24.7 Å². The van der Waals surface area contributed by atoms with Gasteiger partial charge in [-0.1, -0.05) is 48.2 Å². The van der Waals surface area contributed by atoms with Crippen molar-refractivity contribution in [1.82, 2.24) is 9.55 Å². The normalized spacial score (nSPS) is 15.8. The molecular weight excluding hydrogens is 575 g/mol. The maximum atomic E-state index is 12.5. The molecule has 0 radical (unpaired) electrons. The number of nitrogens with zero attached hydrogens (tertiary/aromatic N) is 7. The Morgan fingerprint density at radius 3 is 2.51 bits per heavy atom. The number of aliphatic imine (C=N–C) groups is 1. The van der Waals surface area contributed by atoms with E-state index in [9.17, 15) is 18.4 Å². The van der Waals surface area contributed by atoms with Crippen LogP contribution in [0.1, 0.15) is 16.7 Å². The summed E-state index contributed by atoms with van der Waals surface area (Å²) in [7, 11) is 0. The molecule has 0 unspecified atom stereocenters. The maximum absolute atomic E-state index is 12.5. The van der Waals surface area contributed by atoms with Crippen LogP contribution in [0.3, 0.4) is 0 Å². The number of halogens is 3. The predicted octanol–water partition coefficient (Wildman–Crippen LogP) is 7.52. The first-order chi connectivity index (χ1) is 20.7. The maximum Gasteiger partial charge on any atom is 0.573 e. The number of thioether (sulfide) groups is 1. The number of anilines is 1. The lowest BCUT2D eigenvalue weighted by atomic mass is 10.1. The van der Waals surface area contributed by atoms with Crippen molar-refractivity contribution in [3.63, 3.8) is 0 Å². The number of ether oxygens (including phenoxy) is 1. The number of hydrogen-bond acceptors (Lipinski definition) is 7. The van der Waals surface area contributed by atoms with Crippen LogP contribution < -0.4 is 9.64 Å². The summed E-state index contributed by atoms with van der Waals surface area (Å²) in [5.74, 6) is 0.837. The van der Waals surface area contributed by atoms with Gasteiger partial charge >= 0.3 is 6.36 Å². The second-order valence-electron chi connectivity index (χ2n) is 9.69. The van der Waals surface area contributed by atoms with Gasteiger partial charge in [0.05, 0.1) is 28.7 Å². The van der Waals surface area contributed by atoms with E-state index in [0.29, 0.717) is 22.4 Å². The molecule has 2 heterocycles. The van der Waals surface area contributed by atoms with Crippen LogP contribution >= 0.6 is 11.8 Å². The molecule has 12 heteroatoms. The lowest BCUT2D eigenvalue weighted by Gasteiger charge is -2.22. The fourth-order valence-corrected chi connectivity index (χ4v) is 5.92. The summed E-state index contributed by atoms with van der Waals surface area (Å²) in [5, 5.41) is 20.5. The third-order valence-electron chi connectivity index (χ3n) is 6.88. The van der Waals surface area contributed by atoms with Crippen LogP contribution in [0.15, 0.2) is 94.3 Å². The van der Waals surface area contributed by atoms with E-state index in [-0.39, 0.29) is 5.75 Å². The van der Waals surface area contributed by atoms with Gasteiger partial charge in [-0.05, 0) is 72.3 Å². The zero-order valence-electron chi connectivity index (χ0n) is 22.9. The van der Waals surface area contributed by atoms with Gasteiger partial charge in [-0.2, -0.15) is 15.4 Å². The minimum absolute atomic E-state index is 0.286. The van der Waals surface area contributed by atoms with E-state index in [4.69, 9.17) is 0 Å². The van der Waals surface area contributed by atoms with Gasteiger partial charge in [0.1, 0.15) is 17.9 Å². The first-order valence-corrected chi connectivity index (χ1v) is 14.0. The van der Waals surface area contributed by atoms with Gasteiger partial charge in [-0.3, -0.25) is 9.47 Å². The number of amidine groups is 2. The molecule has 1 aliphatic rings. The zero-order chi connectivity index (χ0) is 30.1. The third kappa shape index (κ3) is 5.67. The highest BCUT2D eigenvalue weighted by atomic mass is 32.2. The lowest BCUT2D eigenvalue weighted by Crippen LogP contribution is -2.30. The van der Waals surface area contributed by atoms with E-state index < -0.39 is 6.36 Å². The molecule has 1 fully saturated rings. The molecule has 0 atom stereocenters. The second kappa shape index (κ2) is 11.3. The fourth-order valence-electron chi connectivity index (χ4n) is 5.03. The fraction of sp³-hybridized carbons (Fsp3) is 0.129. The van der Waals surface area contributed by atoms with E-state index >= 15 is 0 Å². The molecule has 0 N–H and O–H groups in total. The van der Waals surface area contributed by atoms with Crippen LogP contribution in [0.4, 0.5) is 18.9 Å². The molecule has 1 aliphatic heterocycles. The molecule has 4 aromatic carbocycles. The Bertz CT molecular complexity index is 1970. The van der Waals surface area contributed by atoms with Crippen LogP contribution in [0.5, 0.6) is 5.75 Å². The molecule has 43 heavy (non-hydrogen) atoms. The van der Waals surface area contributed by atoms with E-state index in [2.05, 4.69) is 24.9 Å². The monoisotopic (exact) mass is 597 g/mol. The summed E-state index contributed by atoms with van der Waals surface area (Å²) in [6.45, 7) is 4.02. The SMILES string of the molecule is Cc1cccc(C)c1N1C(=NC#N)CS/C1=N\N=C\c1ccc2c(ccc3c2ncn3-c2ccc(OC(F)(F)F)cc2)c1. The Balaban J connectivity index is 1.27. The minimum atomic E-state index is -4.74. The van der Waals surface area contributed by atoms with E-state index in [0.717, 1.165) is 44.2 Å². The van der Waals surface area contributed by atoms with Crippen LogP contribution in [0.25, 0.3) is 27.5 Å². The molecule has 8 nitrogen and oxygen atoms in total. The molecule has 5 aromatic rings. The molecule has 0 spiro atoms. The van der Waals surface area contributed by atoms with Gasteiger partial charge in [0.2, 0.25) is 6.19 Å². The molecule has 1 aromatic heterocycles. The Hall–Kier alpha value is -5.15. The highest BCUT2D eigenvalue weighted by Crippen LogP contribution is 2.33. The van der Waals surface area contributed by atoms with Crippen molar-refractivity contribution >= 4 is 56.5 Å². The quantitative estimate of drug-likeness (QED) is 0.119. The standard InChI is InChI=1S/C31H22F3N7OS/c1-19-4-3-5-20(2)29(19)41-27(36-17-35)16-43-30(41)39-38-15-21-6-12-25-22(14-21)7-13-26-28(25)37-18-40(26)23-8-10-24(11-9-23)42-31(32,33)34/h3-15,18H,16H2,1-2H3/b36-27?,38-15+,39-30-. The largest absolute Gasteiger partial charge is 0.573 e. The number of aryl methyl sites for hydroxylation is 2. The summed E-state index contributed by atoms with van der Waals surface area (Å²) < 4.78 is 43.3. The highest BCUT2D eigenvalue weighted by molar-refractivity contribution is 8.15. The topological polar surface area (TPSA) is 91.2 Å². The number of imidazole rings is 1. The number of nitriles is 1. The number of alkyl halides is 3. The lowest BCUT2D eigenvalue weighted by molar-refractivity contribution is -0.274. The Kier molecular flexibility index (Phi) is 7.33. The van der Waals surface area contributed by atoms with Gasteiger partial charge < -0.3 is 4.74 Å². The number of para-hydroxylation sites is 1. The minimum Gasteiger partial charge on any atom is -0.406 e. The molecule has 0 aliphatic carbocycles. The van der Waals surface area contributed by atoms with Crippen molar-refractivity contribution in [2.45, 2.75) is 20.2 Å². The number of aromatic nitrogens is 2. The molecule has 0 bridgehead atoms. The Morgan fingerprint density at radius 1 is 1.02 bits per heavy atom. The van der Waals surface area contributed by atoms with Crippen molar-refractivity contribution in [2.75, 3.05) is 10.7 Å². The molecular formula is C31H22F3N7OS. The summed E-state index contributed by atoms with van der Waals surface area (Å²) in [6.07, 6.45) is 0.455. The van der Waals surface area contributed by atoms with E-state index in [1.807, 2.05) is 78.0 Å². The highest BCUT2D eigenvalue weighted by Gasteiger charge is 2.31. The number of fused-ring (bicyclic) bond motifs is 3. The van der Waals surface area contributed by atoms with Crippen LogP contribution in [0.2, 0.25) is 0 Å². The van der Waals surface area contributed by atoms with Crippen LogP contribution in [-0.4, -0.2) is 38.9 Å². The first kappa shape index (κ1) is 28.0. The molecule has 214 valence electrons. The molecule has 6 rings (SSSR count).